The minimum absolute atomic E-state index is 0.0469. The molecule has 0 radical (unpaired) electrons. The lowest BCUT2D eigenvalue weighted by molar-refractivity contribution is -0.137. The molecule has 1 aliphatic carbocycles. The molecule has 2 aliphatic rings. The molecule has 1 saturated carbocycles. The second-order valence-corrected chi connectivity index (χ2v) is 12.4. The maximum atomic E-state index is 15.6. The molecule has 2 heterocycles. The van der Waals surface area contributed by atoms with Gasteiger partial charge in [-0.1, -0.05) is 12.1 Å². The number of aromatic nitrogens is 2. The second kappa shape index (κ2) is 9.93. The summed E-state index contributed by atoms with van der Waals surface area (Å²) in [7, 11) is -2.27. The normalized spacial score (nSPS) is 19.7. The Kier molecular flexibility index (Phi) is 7.28. The number of ether oxygens (including phenoxy) is 1. The predicted octanol–water partition coefficient (Wildman–Crippen LogP) is 4.36. The van der Waals surface area contributed by atoms with Gasteiger partial charge in [0.15, 0.2) is 11.6 Å². The maximum absolute atomic E-state index is 15.6. The fourth-order valence-corrected chi connectivity index (χ4v) is 6.22. The Balaban J connectivity index is 1.53. The van der Waals surface area contributed by atoms with Crippen LogP contribution in [0, 0.1) is 11.2 Å². The Labute approximate surface area is 203 Å². The first-order valence-electron chi connectivity index (χ1n) is 11.5. The zero-order valence-corrected chi connectivity index (χ0v) is 20.4. The minimum Gasteiger partial charge on any atom is -0.381 e. The lowest BCUT2D eigenvalue weighted by Crippen LogP contribution is -2.41. The minimum atomic E-state index is -4.41. The van der Waals surface area contributed by atoms with Gasteiger partial charge in [-0.25, -0.2) is 9.97 Å². The summed E-state index contributed by atoms with van der Waals surface area (Å²) in [6.07, 6.45) is 1.57. The van der Waals surface area contributed by atoms with Crippen molar-refractivity contribution < 1.29 is 26.5 Å². The van der Waals surface area contributed by atoms with Crippen LogP contribution in [0.25, 0.3) is 0 Å². The van der Waals surface area contributed by atoms with E-state index in [1.165, 1.54) is 18.5 Å². The van der Waals surface area contributed by atoms with E-state index in [1.807, 2.05) is 0 Å². The number of hydrogen-bond donors (Lipinski definition) is 1. The Morgan fingerprint density at radius 2 is 1.86 bits per heavy atom. The van der Waals surface area contributed by atoms with Gasteiger partial charge >= 0.3 is 6.18 Å². The Morgan fingerprint density at radius 3 is 2.43 bits per heavy atom. The van der Waals surface area contributed by atoms with E-state index in [1.54, 1.807) is 11.2 Å². The Hall–Kier alpha value is -2.40. The van der Waals surface area contributed by atoms with Gasteiger partial charge in [0, 0.05) is 49.8 Å². The smallest absolute Gasteiger partial charge is 0.381 e. The molecule has 1 aromatic carbocycles. The fraction of sp³-hybridized carbons (Fsp3) is 0.542. The molecular weight excluding hydrogens is 484 g/mol. The number of nitrogens with one attached hydrogen (secondary N) is 1. The quantitative estimate of drug-likeness (QED) is 0.396. The molecule has 1 saturated heterocycles. The van der Waals surface area contributed by atoms with Gasteiger partial charge in [-0.2, -0.15) is 17.6 Å². The third-order valence-electron chi connectivity index (χ3n) is 6.46. The number of halogens is 4. The van der Waals surface area contributed by atoms with E-state index in [4.69, 9.17) is 4.74 Å². The highest BCUT2D eigenvalue weighted by Gasteiger charge is 2.36. The van der Waals surface area contributed by atoms with Crippen molar-refractivity contribution in [3.8, 4) is 0 Å². The van der Waals surface area contributed by atoms with E-state index in [9.17, 15) is 17.4 Å². The van der Waals surface area contributed by atoms with Crippen LogP contribution >= 0.6 is 0 Å². The molecule has 1 N–H and O–H groups in total. The molecule has 4 rings (SSSR count). The zero-order valence-electron chi connectivity index (χ0n) is 19.6. The van der Waals surface area contributed by atoms with Gasteiger partial charge in [-0.05, 0) is 58.8 Å². The molecule has 35 heavy (non-hydrogen) atoms. The topological polar surface area (TPSA) is 67.4 Å². The summed E-state index contributed by atoms with van der Waals surface area (Å²) in [5.41, 5.74) is -0.439. The zero-order chi connectivity index (χ0) is 25.3. The summed E-state index contributed by atoms with van der Waals surface area (Å²) in [5.74, 6) is 3.75. The standard InChI is InChI=1S/C24H30F4N4O2S/c1-35(2,33)15-23(9-11-34-12-10-23)14-29-21-20(25)22(31-16-30-21)32(19-7-8-19)13-17-3-5-18(6-4-17)24(26,27)28/h3-6,16,19H,1,7-15H2,2H3,(H,29,30,31). The van der Waals surface area contributed by atoms with Crippen molar-refractivity contribution in [3.05, 3.63) is 47.5 Å². The molecule has 0 amide bonds. The van der Waals surface area contributed by atoms with Crippen LogP contribution in [0.1, 0.15) is 36.8 Å². The van der Waals surface area contributed by atoms with E-state index >= 15 is 4.39 Å². The van der Waals surface area contributed by atoms with Gasteiger partial charge in [0.2, 0.25) is 5.82 Å². The summed E-state index contributed by atoms with van der Waals surface area (Å²) in [4.78, 5) is 10.0. The number of anilines is 2. The number of hydrogen-bond acceptors (Lipinski definition) is 6. The molecule has 0 spiro atoms. The highest BCUT2D eigenvalue weighted by molar-refractivity contribution is 7.99. The first-order chi connectivity index (χ1) is 16.5. The van der Waals surface area contributed by atoms with Crippen LogP contribution in [0.2, 0.25) is 0 Å². The van der Waals surface area contributed by atoms with Crippen molar-refractivity contribution in [2.75, 3.05) is 42.0 Å². The van der Waals surface area contributed by atoms with Gasteiger partial charge in [-0.3, -0.25) is 4.21 Å². The van der Waals surface area contributed by atoms with Crippen LogP contribution in [0.4, 0.5) is 29.2 Å². The third-order valence-corrected chi connectivity index (χ3v) is 7.68. The molecule has 1 atom stereocenters. The lowest BCUT2D eigenvalue weighted by atomic mass is 9.82. The van der Waals surface area contributed by atoms with Gasteiger partial charge in [0.1, 0.15) is 6.33 Å². The van der Waals surface area contributed by atoms with Crippen LogP contribution in [0.15, 0.2) is 30.6 Å². The molecule has 1 aromatic heterocycles. The van der Waals surface area contributed by atoms with Gasteiger partial charge in [0.25, 0.3) is 0 Å². The average Bonchev–Trinajstić information content (AvgIpc) is 3.62. The molecular formula is C24H30F4N4O2S. The largest absolute Gasteiger partial charge is 0.416 e. The number of nitrogens with zero attached hydrogens (tertiary/aromatic N) is 3. The van der Waals surface area contributed by atoms with Crippen molar-refractivity contribution in [1.29, 1.82) is 0 Å². The van der Waals surface area contributed by atoms with Crippen molar-refractivity contribution in [1.82, 2.24) is 9.97 Å². The average molecular weight is 515 g/mol. The summed E-state index contributed by atoms with van der Waals surface area (Å²) in [6, 6.07) is 4.95. The van der Waals surface area contributed by atoms with Crippen LogP contribution < -0.4 is 10.2 Å². The summed E-state index contributed by atoms with van der Waals surface area (Å²) in [6.45, 7) is 1.68. The predicted molar refractivity (Wildman–Crippen MR) is 130 cm³/mol. The summed E-state index contributed by atoms with van der Waals surface area (Å²) >= 11 is 0. The van der Waals surface area contributed by atoms with Crippen molar-refractivity contribution in [2.45, 2.75) is 44.4 Å². The number of benzene rings is 1. The van der Waals surface area contributed by atoms with E-state index < -0.39 is 27.1 Å². The van der Waals surface area contributed by atoms with Crippen LogP contribution in [-0.2, 0) is 27.0 Å². The highest BCUT2D eigenvalue weighted by Crippen LogP contribution is 2.37. The highest BCUT2D eigenvalue weighted by atomic mass is 32.2. The van der Waals surface area contributed by atoms with E-state index in [-0.39, 0.29) is 29.6 Å². The monoisotopic (exact) mass is 514 g/mol. The molecule has 1 unspecified atom stereocenters. The molecule has 2 aromatic rings. The molecule has 192 valence electrons. The summed E-state index contributed by atoms with van der Waals surface area (Å²) < 4.78 is 72.2. The summed E-state index contributed by atoms with van der Waals surface area (Å²) in [5, 5.41) is 3.10. The fourth-order valence-electron chi connectivity index (χ4n) is 4.54. The van der Waals surface area contributed by atoms with E-state index in [2.05, 4.69) is 21.2 Å². The second-order valence-electron chi connectivity index (χ2n) is 9.71. The lowest BCUT2D eigenvalue weighted by Gasteiger charge is -2.38. The third kappa shape index (κ3) is 6.63. The van der Waals surface area contributed by atoms with Gasteiger partial charge in [0.05, 0.1) is 5.56 Å². The molecule has 6 nitrogen and oxygen atoms in total. The van der Waals surface area contributed by atoms with Gasteiger partial charge < -0.3 is 15.0 Å². The van der Waals surface area contributed by atoms with E-state index in [0.717, 1.165) is 25.0 Å². The molecule has 11 heteroatoms. The van der Waals surface area contributed by atoms with Crippen molar-refractivity contribution in [2.24, 2.45) is 5.41 Å². The van der Waals surface area contributed by atoms with Crippen LogP contribution in [0.5, 0.6) is 0 Å². The SMILES string of the molecule is C=S(C)(=O)CC1(CNc2ncnc(N(Cc3ccc(C(F)(F)F)cc3)C3CC3)c2F)CCOCC1. The van der Waals surface area contributed by atoms with E-state index in [0.29, 0.717) is 43.9 Å². The maximum Gasteiger partial charge on any atom is 0.416 e. The first kappa shape index (κ1) is 25.7. The van der Waals surface area contributed by atoms with Crippen LogP contribution in [0.3, 0.4) is 0 Å². The van der Waals surface area contributed by atoms with Gasteiger partial charge in [-0.15, -0.1) is 0 Å². The number of rotatable bonds is 9. The molecule has 0 bridgehead atoms. The molecule has 1 aliphatic heterocycles. The van der Waals surface area contributed by atoms with Crippen molar-refractivity contribution in [3.63, 3.8) is 0 Å². The van der Waals surface area contributed by atoms with Crippen LogP contribution in [-0.4, -0.2) is 57.9 Å². The Bertz CT molecular complexity index is 1130. The Morgan fingerprint density at radius 1 is 1.20 bits per heavy atom. The molecule has 2 fully saturated rings. The number of alkyl halides is 3. The first-order valence-corrected chi connectivity index (χ1v) is 13.8. The van der Waals surface area contributed by atoms with Crippen molar-refractivity contribution >= 4 is 27.0 Å².